The lowest BCUT2D eigenvalue weighted by Crippen LogP contribution is -2.33. The molecule has 4 nitrogen and oxygen atoms in total. The van der Waals surface area contributed by atoms with Gasteiger partial charge >= 0.3 is 0 Å². The molecular weight excluding hydrogens is 216 g/mol. The van der Waals surface area contributed by atoms with Crippen LogP contribution in [0.5, 0.6) is 0 Å². The molecule has 0 atom stereocenters. The van der Waals surface area contributed by atoms with Gasteiger partial charge < -0.3 is 0 Å². The Morgan fingerprint density at radius 2 is 2.06 bits per heavy atom. The standard InChI is InChI=1S/C13H16N2O2/c1-4-9-5-6-10(14-8-9)15-11(16)7-13(2,3)12(15)17/h5-6,8H,4,7H2,1-3H3. The third-order valence-electron chi connectivity index (χ3n) is 3.07. The molecule has 1 aromatic rings. The van der Waals surface area contributed by atoms with E-state index in [9.17, 15) is 9.59 Å². The third-order valence-corrected chi connectivity index (χ3v) is 3.07. The average molecular weight is 232 g/mol. The van der Waals surface area contributed by atoms with Crippen molar-refractivity contribution in [2.24, 2.45) is 5.41 Å². The maximum absolute atomic E-state index is 12.1. The Balaban J connectivity index is 2.34. The van der Waals surface area contributed by atoms with Crippen LogP contribution in [0.1, 0.15) is 32.8 Å². The topological polar surface area (TPSA) is 50.3 Å². The van der Waals surface area contributed by atoms with Gasteiger partial charge in [0.1, 0.15) is 5.82 Å². The van der Waals surface area contributed by atoms with Crippen molar-refractivity contribution in [1.29, 1.82) is 0 Å². The van der Waals surface area contributed by atoms with Gasteiger partial charge in [-0.2, -0.15) is 0 Å². The fraction of sp³-hybridized carbons (Fsp3) is 0.462. The Bertz CT molecular complexity index is 463. The SMILES string of the molecule is CCc1ccc(N2C(=O)CC(C)(C)C2=O)nc1. The Labute approximate surface area is 101 Å². The summed E-state index contributed by atoms with van der Waals surface area (Å²) >= 11 is 0. The van der Waals surface area contributed by atoms with E-state index in [2.05, 4.69) is 4.98 Å². The maximum Gasteiger partial charge on any atom is 0.241 e. The summed E-state index contributed by atoms with van der Waals surface area (Å²) in [6.45, 7) is 5.60. The van der Waals surface area contributed by atoms with Crippen molar-refractivity contribution in [2.45, 2.75) is 33.6 Å². The molecule has 0 spiro atoms. The number of aromatic nitrogens is 1. The predicted molar refractivity (Wildman–Crippen MR) is 64.5 cm³/mol. The highest BCUT2D eigenvalue weighted by atomic mass is 16.2. The summed E-state index contributed by atoms with van der Waals surface area (Å²) in [5.41, 5.74) is 0.481. The second-order valence-corrected chi connectivity index (χ2v) is 4.97. The summed E-state index contributed by atoms with van der Waals surface area (Å²) in [6, 6.07) is 3.63. The largest absolute Gasteiger partial charge is 0.274 e. The minimum atomic E-state index is -0.609. The van der Waals surface area contributed by atoms with Crippen molar-refractivity contribution < 1.29 is 9.59 Å². The zero-order valence-electron chi connectivity index (χ0n) is 10.4. The van der Waals surface area contributed by atoms with Crippen LogP contribution in [0, 0.1) is 5.41 Å². The van der Waals surface area contributed by atoms with E-state index in [1.807, 2.05) is 13.0 Å². The van der Waals surface area contributed by atoms with Crippen molar-refractivity contribution in [1.82, 2.24) is 4.98 Å². The minimum Gasteiger partial charge on any atom is -0.274 e. The number of amides is 2. The van der Waals surface area contributed by atoms with E-state index < -0.39 is 5.41 Å². The first-order chi connectivity index (χ1) is 7.95. The van der Waals surface area contributed by atoms with Gasteiger partial charge in [-0.15, -0.1) is 0 Å². The average Bonchev–Trinajstić information content (AvgIpc) is 2.49. The molecule has 0 unspecified atom stereocenters. The monoisotopic (exact) mass is 232 g/mol. The summed E-state index contributed by atoms with van der Waals surface area (Å²) in [7, 11) is 0. The zero-order chi connectivity index (χ0) is 12.6. The minimum absolute atomic E-state index is 0.167. The number of hydrogen-bond acceptors (Lipinski definition) is 3. The Morgan fingerprint density at radius 1 is 1.35 bits per heavy atom. The Morgan fingerprint density at radius 3 is 2.47 bits per heavy atom. The highest BCUT2D eigenvalue weighted by molar-refractivity contribution is 6.21. The van der Waals surface area contributed by atoms with Gasteiger partial charge in [0.2, 0.25) is 11.8 Å². The lowest BCUT2D eigenvalue weighted by molar-refractivity contribution is -0.124. The normalized spacial score (nSPS) is 18.9. The second kappa shape index (κ2) is 3.95. The molecule has 1 saturated heterocycles. The van der Waals surface area contributed by atoms with Gasteiger partial charge in [-0.3, -0.25) is 9.59 Å². The van der Waals surface area contributed by atoms with Crippen molar-refractivity contribution in [3.05, 3.63) is 23.9 Å². The summed E-state index contributed by atoms with van der Waals surface area (Å²) < 4.78 is 0. The molecule has 4 heteroatoms. The third kappa shape index (κ3) is 1.95. The van der Waals surface area contributed by atoms with Crippen molar-refractivity contribution >= 4 is 17.6 Å². The smallest absolute Gasteiger partial charge is 0.241 e. The van der Waals surface area contributed by atoms with Crippen LogP contribution in [0.3, 0.4) is 0 Å². The first-order valence-corrected chi connectivity index (χ1v) is 5.78. The molecule has 1 aromatic heterocycles. The van der Waals surface area contributed by atoms with E-state index in [0.29, 0.717) is 5.82 Å². The first kappa shape index (κ1) is 11.8. The van der Waals surface area contributed by atoms with Crippen LogP contribution in [0.2, 0.25) is 0 Å². The molecule has 1 fully saturated rings. The van der Waals surface area contributed by atoms with Crippen molar-refractivity contribution in [3.8, 4) is 0 Å². The molecule has 0 aromatic carbocycles. The van der Waals surface area contributed by atoms with Gasteiger partial charge in [-0.05, 0) is 18.1 Å². The lowest BCUT2D eigenvalue weighted by atomic mass is 9.92. The van der Waals surface area contributed by atoms with Crippen LogP contribution >= 0.6 is 0 Å². The van der Waals surface area contributed by atoms with E-state index in [1.165, 1.54) is 4.90 Å². The molecule has 0 radical (unpaired) electrons. The molecule has 1 aliphatic rings. The number of carbonyl (C=O) groups is 2. The number of pyridine rings is 1. The van der Waals surface area contributed by atoms with Crippen LogP contribution in [0.4, 0.5) is 5.82 Å². The summed E-state index contributed by atoms with van der Waals surface area (Å²) in [4.78, 5) is 29.3. The Kier molecular flexibility index (Phi) is 2.73. The van der Waals surface area contributed by atoms with E-state index >= 15 is 0 Å². The summed E-state index contributed by atoms with van der Waals surface area (Å²) in [6.07, 6.45) is 2.85. The molecule has 90 valence electrons. The van der Waals surface area contributed by atoms with E-state index in [-0.39, 0.29) is 18.2 Å². The van der Waals surface area contributed by atoms with Crippen molar-refractivity contribution in [2.75, 3.05) is 4.90 Å². The molecule has 2 heterocycles. The summed E-state index contributed by atoms with van der Waals surface area (Å²) in [5, 5.41) is 0. The molecule has 0 aliphatic carbocycles. The maximum atomic E-state index is 12.1. The number of anilines is 1. The van der Waals surface area contributed by atoms with Crippen LogP contribution in [-0.4, -0.2) is 16.8 Å². The van der Waals surface area contributed by atoms with E-state index in [0.717, 1.165) is 12.0 Å². The second-order valence-electron chi connectivity index (χ2n) is 4.97. The first-order valence-electron chi connectivity index (χ1n) is 5.78. The van der Waals surface area contributed by atoms with Crippen LogP contribution in [0.15, 0.2) is 18.3 Å². The zero-order valence-corrected chi connectivity index (χ0v) is 10.4. The molecule has 0 bridgehead atoms. The lowest BCUT2D eigenvalue weighted by Gasteiger charge is -2.16. The van der Waals surface area contributed by atoms with Crippen LogP contribution < -0.4 is 4.90 Å². The number of carbonyl (C=O) groups excluding carboxylic acids is 2. The molecule has 0 N–H and O–H groups in total. The highest BCUT2D eigenvalue weighted by Crippen LogP contribution is 2.34. The molecule has 2 amide bonds. The van der Waals surface area contributed by atoms with Gasteiger partial charge in [0.15, 0.2) is 0 Å². The van der Waals surface area contributed by atoms with E-state index in [1.54, 1.807) is 26.1 Å². The summed E-state index contributed by atoms with van der Waals surface area (Å²) in [5.74, 6) is 0.0961. The number of aryl methyl sites for hydroxylation is 1. The van der Waals surface area contributed by atoms with Crippen molar-refractivity contribution in [3.63, 3.8) is 0 Å². The van der Waals surface area contributed by atoms with E-state index in [4.69, 9.17) is 0 Å². The molecule has 2 rings (SSSR count). The number of nitrogens with zero attached hydrogens (tertiary/aromatic N) is 2. The van der Waals surface area contributed by atoms with Gasteiger partial charge in [-0.25, -0.2) is 9.88 Å². The molecule has 0 saturated carbocycles. The highest BCUT2D eigenvalue weighted by Gasteiger charge is 2.45. The molecule has 1 aliphatic heterocycles. The van der Waals surface area contributed by atoms with Gasteiger partial charge in [0.25, 0.3) is 0 Å². The molecule has 17 heavy (non-hydrogen) atoms. The number of rotatable bonds is 2. The quantitative estimate of drug-likeness (QED) is 0.732. The fourth-order valence-electron chi connectivity index (χ4n) is 1.94. The number of imide groups is 1. The van der Waals surface area contributed by atoms with Gasteiger partial charge in [-0.1, -0.05) is 26.8 Å². The number of hydrogen-bond donors (Lipinski definition) is 0. The Hall–Kier alpha value is -1.71. The van der Waals surface area contributed by atoms with Crippen LogP contribution in [-0.2, 0) is 16.0 Å². The van der Waals surface area contributed by atoms with Crippen LogP contribution in [0.25, 0.3) is 0 Å². The van der Waals surface area contributed by atoms with Gasteiger partial charge in [0.05, 0.1) is 5.41 Å². The molecular formula is C13H16N2O2. The van der Waals surface area contributed by atoms with Gasteiger partial charge in [0, 0.05) is 12.6 Å². The predicted octanol–water partition coefficient (Wildman–Crippen LogP) is 1.93. The fourth-order valence-corrected chi connectivity index (χ4v) is 1.94.